The van der Waals surface area contributed by atoms with Gasteiger partial charge < -0.3 is 20.9 Å². The second-order valence-corrected chi connectivity index (χ2v) is 10.6. The highest BCUT2D eigenvalue weighted by atomic mass is 19.1. The highest BCUT2D eigenvalue weighted by Gasteiger charge is 2.25. The van der Waals surface area contributed by atoms with Gasteiger partial charge in [-0.25, -0.2) is 18.0 Å². The van der Waals surface area contributed by atoms with E-state index in [1.54, 1.807) is 23.1 Å². The summed E-state index contributed by atoms with van der Waals surface area (Å²) in [5.74, 6) is -1.87. The van der Waals surface area contributed by atoms with E-state index in [0.717, 1.165) is 30.5 Å². The lowest BCUT2D eigenvalue weighted by molar-refractivity contribution is 0.0627. The third kappa shape index (κ3) is 7.47. The first-order valence-electron chi connectivity index (χ1n) is 13.9. The molecular formula is C31H32F3N5O3. The van der Waals surface area contributed by atoms with Crippen molar-refractivity contribution in [2.45, 2.75) is 25.7 Å². The average molecular weight is 580 g/mol. The third-order valence-corrected chi connectivity index (χ3v) is 7.40. The molecule has 42 heavy (non-hydrogen) atoms. The normalized spacial score (nSPS) is 16.0. The zero-order valence-corrected chi connectivity index (χ0v) is 22.9. The number of halogens is 3. The molecule has 1 saturated carbocycles. The Balaban J connectivity index is 1.11. The molecule has 4 amide bonds. The van der Waals surface area contributed by atoms with E-state index in [1.807, 2.05) is 6.07 Å². The van der Waals surface area contributed by atoms with Crippen LogP contribution in [0.15, 0.2) is 66.7 Å². The molecule has 0 bridgehead atoms. The van der Waals surface area contributed by atoms with Crippen molar-refractivity contribution in [3.8, 4) is 0 Å². The number of carbonyl (C=O) groups excluding carboxylic acids is 3. The summed E-state index contributed by atoms with van der Waals surface area (Å²) in [5, 5.41) is 7.39. The van der Waals surface area contributed by atoms with Gasteiger partial charge in [0.05, 0.1) is 5.69 Å². The molecule has 0 radical (unpaired) electrons. The molecule has 0 spiro atoms. The summed E-state index contributed by atoms with van der Waals surface area (Å²) in [5.41, 5.74) is 1.05. The van der Waals surface area contributed by atoms with Crippen LogP contribution in [0.2, 0.25) is 0 Å². The van der Waals surface area contributed by atoms with E-state index in [4.69, 9.17) is 0 Å². The highest BCUT2D eigenvalue weighted by molar-refractivity contribution is 5.96. The topological polar surface area (TPSA) is 93.8 Å². The van der Waals surface area contributed by atoms with Crippen molar-refractivity contribution in [3.63, 3.8) is 0 Å². The monoisotopic (exact) mass is 579 g/mol. The lowest BCUT2D eigenvalue weighted by atomic mass is 10.1. The molecule has 11 heteroatoms. The summed E-state index contributed by atoms with van der Waals surface area (Å²) in [6.45, 7) is 3.05. The van der Waals surface area contributed by atoms with E-state index in [0.29, 0.717) is 45.2 Å². The van der Waals surface area contributed by atoms with Crippen molar-refractivity contribution < 1.29 is 27.6 Å². The molecular weight excluding hydrogens is 547 g/mol. The number of carbonyl (C=O) groups is 3. The minimum atomic E-state index is -1.98. The Hall–Kier alpha value is -4.38. The van der Waals surface area contributed by atoms with Gasteiger partial charge in [-0.1, -0.05) is 30.3 Å². The van der Waals surface area contributed by atoms with Gasteiger partial charge in [-0.2, -0.15) is 0 Å². The Kier molecular flexibility index (Phi) is 9.06. The van der Waals surface area contributed by atoms with Gasteiger partial charge in [0.1, 0.15) is 11.6 Å². The number of piperazine rings is 1. The fraction of sp³-hybridized carbons (Fsp3) is 0.323. The van der Waals surface area contributed by atoms with Crippen LogP contribution in [0.4, 0.5) is 23.7 Å². The maximum Gasteiger partial charge on any atom is 0.319 e. The van der Waals surface area contributed by atoms with Crippen LogP contribution in [0.25, 0.3) is 0 Å². The number of hydrogen-bond acceptors (Lipinski definition) is 4. The molecule has 5 rings (SSSR count). The largest absolute Gasteiger partial charge is 0.338 e. The van der Waals surface area contributed by atoms with Crippen LogP contribution >= 0.6 is 0 Å². The number of hydrogen-bond donors (Lipinski definition) is 3. The molecule has 2 fully saturated rings. The maximum atomic E-state index is 14.6. The van der Waals surface area contributed by atoms with Gasteiger partial charge in [0, 0.05) is 56.0 Å². The zero-order valence-electron chi connectivity index (χ0n) is 22.9. The van der Waals surface area contributed by atoms with Crippen molar-refractivity contribution in [1.82, 2.24) is 20.4 Å². The molecule has 3 aromatic carbocycles. The summed E-state index contributed by atoms with van der Waals surface area (Å²) in [4.78, 5) is 41.3. The first-order valence-corrected chi connectivity index (χ1v) is 13.9. The van der Waals surface area contributed by atoms with Crippen LogP contribution < -0.4 is 16.0 Å². The van der Waals surface area contributed by atoms with Gasteiger partial charge in [-0.3, -0.25) is 14.5 Å². The minimum Gasteiger partial charge on any atom is -0.338 e. The van der Waals surface area contributed by atoms with Crippen LogP contribution in [-0.4, -0.2) is 60.4 Å². The molecule has 8 nitrogen and oxygen atoms in total. The molecule has 1 atom stereocenters. The lowest BCUT2D eigenvalue weighted by Gasteiger charge is -2.35. The number of nitrogens with one attached hydrogen (secondary N) is 3. The fourth-order valence-electron chi connectivity index (χ4n) is 4.79. The predicted octanol–water partition coefficient (Wildman–Crippen LogP) is 4.85. The van der Waals surface area contributed by atoms with E-state index >= 15 is 0 Å². The molecule has 3 N–H and O–H groups in total. The SMILES string of the molecule is O=C(NCC1CC1)Nc1ccc(C(=O)N2CCN(Cc3cccc(C(=O)NC(F)c4ccccc4F)c3)CC2)cc1F. The number of nitrogens with zero attached hydrogens (tertiary/aromatic N) is 2. The average Bonchev–Trinajstić information content (AvgIpc) is 3.82. The first-order chi connectivity index (χ1) is 20.3. The Morgan fingerprint density at radius 2 is 1.62 bits per heavy atom. The van der Waals surface area contributed by atoms with Gasteiger partial charge in [0.15, 0.2) is 0 Å². The van der Waals surface area contributed by atoms with Crippen molar-refractivity contribution in [3.05, 3.63) is 101 Å². The van der Waals surface area contributed by atoms with Gasteiger partial charge in [0.25, 0.3) is 11.8 Å². The first kappa shape index (κ1) is 29.1. The van der Waals surface area contributed by atoms with E-state index in [9.17, 15) is 27.6 Å². The number of anilines is 1. The summed E-state index contributed by atoms with van der Waals surface area (Å²) in [6.07, 6.45) is 0.200. The zero-order chi connectivity index (χ0) is 29.6. The standard InChI is InChI=1S/C31H32F3N5O3/c32-25-7-2-1-6-24(25)28(34)37-29(40)22-5-3-4-21(16-22)19-38-12-14-39(15-13-38)30(41)23-10-11-27(26(33)17-23)36-31(42)35-18-20-8-9-20/h1-7,10-11,16-17,20,28H,8-9,12-15,18-19H2,(H,37,40)(H2,35,36,42). The van der Waals surface area contributed by atoms with Crippen LogP contribution in [0.1, 0.15) is 51.0 Å². The minimum absolute atomic E-state index is 0.00911. The Labute approximate surface area is 241 Å². The van der Waals surface area contributed by atoms with Crippen LogP contribution in [-0.2, 0) is 6.54 Å². The van der Waals surface area contributed by atoms with Gasteiger partial charge in [0.2, 0.25) is 6.30 Å². The van der Waals surface area contributed by atoms with Crippen LogP contribution in [0.5, 0.6) is 0 Å². The number of alkyl halides is 1. The summed E-state index contributed by atoms with van der Waals surface area (Å²) in [6, 6.07) is 15.7. The fourth-order valence-corrected chi connectivity index (χ4v) is 4.79. The van der Waals surface area contributed by atoms with Gasteiger partial charge in [-0.15, -0.1) is 0 Å². The smallest absolute Gasteiger partial charge is 0.319 e. The molecule has 1 heterocycles. The van der Waals surface area contributed by atoms with Crippen molar-refractivity contribution >= 4 is 23.5 Å². The van der Waals surface area contributed by atoms with E-state index in [2.05, 4.69) is 20.9 Å². The van der Waals surface area contributed by atoms with Crippen molar-refractivity contribution in [2.24, 2.45) is 5.92 Å². The number of urea groups is 1. The van der Waals surface area contributed by atoms with Crippen LogP contribution in [0.3, 0.4) is 0 Å². The highest BCUT2D eigenvalue weighted by Crippen LogP contribution is 2.27. The molecule has 1 unspecified atom stereocenters. The van der Waals surface area contributed by atoms with Crippen molar-refractivity contribution in [2.75, 3.05) is 38.0 Å². The third-order valence-electron chi connectivity index (χ3n) is 7.40. The second-order valence-electron chi connectivity index (χ2n) is 10.6. The molecule has 1 saturated heterocycles. The summed E-state index contributed by atoms with van der Waals surface area (Å²) >= 11 is 0. The number of amides is 4. The molecule has 3 aromatic rings. The maximum absolute atomic E-state index is 14.6. The predicted molar refractivity (Wildman–Crippen MR) is 151 cm³/mol. The molecule has 2 aliphatic rings. The van der Waals surface area contributed by atoms with E-state index in [-0.39, 0.29) is 28.3 Å². The van der Waals surface area contributed by atoms with E-state index < -0.39 is 29.9 Å². The molecule has 220 valence electrons. The second kappa shape index (κ2) is 13.1. The molecule has 1 aliphatic heterocycles. The lowest BCUT2D eigenvalue weighted by Crippen LogP contribution is -2.48. The van der Waals surface area contributed by atoms with Crippen LogP contribution in [0, 0.1) is 17.6 Å². The Morgan fingerprint density at radius 1 is 0.857 bits per heavy atom. The number of rotatable bonds is 9. The quantitative estimate of drug-likeness (QED) is 0.316. The van der Waals surface area contributed by atoms with E-state index in [1.165, 1.54) is 30.3 Å². The Bertz CT molecular complexity index is 1460. The van der Waals surface area contributed by atoms with Gasteiger partial charge >= 0.3 is 6.03 Å². The Morgan fingerprint density at radius 3 is 2.33 bits per heavy atom. The molecule has 0 aromatic heterocycles. The summed E-state index contributed by atoms with van der Waals surface area (Å²) in [7, 11) is 0. The summed E-state index contributed by atoms with van der Waals surface area (Å²) < 4.78 is 43.0. The molecule has 1 aliphatic carbocycles. The van der Waals surface area contributed by atoms with Gasteiger partial charge in [-0.05, 0) is 60.7 Å². The van der Waals surface area contributed by atoms with Crippen molar-refractivity contribution in [1.29, 1.82) is 0 Å². The number of benzene rings is 3.